The fourth-order valence-electron chi connectivity index (χ4n) is 1.35. The molecule has 0 aliphatic heterocycles. The summed E-state index contributed by atoms with van der Waals surface area (Å²) >= 11 is 0. The average Bonchev–Trinajstić information content (AvgIpc) is 2.35. The standard InChI is InChI=1S/C12H15FN2O4/c1-9(13)3-2-8-19-12(16)14-10-4-6-11(7-5-10)15(17)18/h4-7,9H,2-3,8H2,1H3,(H,14,16). The number of anilines is 1. The van der Waals surface area contributed by atoms with Gasteiger partial charge in [-0.1, -0.05) is 0 Å². The Morgan fingerprint density at radius 1 is 1.47 bits per heavy atom. The van der Waals surface area contributed by atoms with Crippen molar-refractivity contribution in [2.45, 2.75) is 25.9 Å². The van der Waals surface area contributed by atoms with E-state index in [1.165, 1.54) is 31.2 Å². The summed E-state index contributed by atoms with van der Waals surface area (Å²) < 4.78 is 17.3. The zero-order valence-electron chi connectivity index (χ0n) is 10.5. The Hall–Kier alpha value is -2.18. The number of ether oxygens (including phenoxy) is 1. The molecule has 1 aromatic rings. The minimum atomic E-state index is -0.915. The summed E-state index contributed by atoms with van der Waals surface area (Å²) in [6.45, 7) is 1.57. The van der Waals surface area contributed by atoms with Crippen LogP contribution in [-0.4, -0.2) is 23.8 Å². The second-order valence-corrected chi connectivity index (χ2v) is 3.99. The largest absolute Gasteiger partial charge is 0.449 e. The summed E-state index contributed by atoms with van der Waals surface area (Å²) in [5, 5.41) is 12.8. The lowest BCUT2D eigenvalue weighted by Crippen LogP contribution is -2.14. The van der Waals surface area contributed by atoms with Crippen LogP contribution in [0.1, 0.15) is 19.8 Å². The molecule has 104 valence electrons. The third-order valence-corrected chi connectivity index (χ3v) is 2.30. The van der Waals surface area contributed by atoms with Crippen LogP contribution in [0.3, 0.4) is 0 Å². The molecule has 0 heterocycles. The number of carbonyl (C=O) groups excluding carboxylic acids is 1. The Morgan fingerprint density at radius 3 is 2.63 bits per heavy atom. The SMILES string of the molecule is CC(F)CCCOC(=O)Nc1ccc([N+](=O)[O-])cc1. The molecule has 7 heteroatoms. The number of benzene rings is 1. The van der Waals surface area contributed by atoms with E-state index in [1.807, 2.05) is 0 Å². The molecular weight excluding hydrogens is 255 g/mol. The minimum absolute atomic E-state index is 0.0594. The molecule has 1 rings (SSSR count). The van der Waals surface area contributed by atoms with Crippen molar-refractivity contribution in [2.75, 3.05) is 11.9 Å². The number of nitro groups is 1. The highest BCUT2D eigenvalue weighted by molar-refractivity contribution is 5.84. The quantitative estimate of drug-likeness (QED) is 0.488. The van der Waals surface area contributed by atoms with E-state index in [0.717, 1.165) is 0 Å². The maximum absolute atomic E-state index is 12.5. The van der Waals surface area contributed by atoms with Crippen LogP contribution in [0.4, 0.5) is 20.6 Å². The molecule has 0 aromatic heterocycles. The van der Waals surface area contributed by atoms with Crippen molar-refractivity contribution >= 4 is 17.5 Å². The lowest BCUT2D eigenvalue weighted by molar-refractivity contribution is -0.384. The van der Waals surface area contributed by atoms with Gasteiger partial charge >= 0.3 is 6.09 Å². The van der Waals surface area contributed by atoms with Gasteiger partial charge in [-0.15, -0.1) is 0 Å². The molecule has 19 heavy (non-hydrogen) atoms. The zero-order chi connectivity index (χ0) is 14.3. The minimum Gasteiger partial charge on any atom is -0.449 e. The number of alkyl halides is 1. The van der Waals surface area contributed by atoms with E-state index in [0.29, 0.717) is 18.5 Å². The third kappa shape index (κ3) is 5.80. The zero-order valence-corrected chi connectivity index (χ0v) is 10.5. The molecule has 0 fully saturated rings. The number of non-ortho nitro benzene ring substituents is 1. The van der Waals surface area contributed by atoms with E-state index < -0.39 is 17.2 Å². The van der Waals surface area contributed by atoms with Crippen LogP contribution in [-0.2, 0) is 4.74 Å². The molecule has 1 atom stereocenters. The first-order valence-corrected chi connectivity index (χ1v) is 5.81. The van der Waals surface area contributed by atoms with Gasteiger partial charge < -0.3 is 4.74 Å². The Kier molecular flexibility index (Phi) is 5.72. The molecule has 1 aromatic carbocycles. The summed E-state index contributed by atoms with van der Waals surface area (Å²) in [5.41, 5.74) is 0.338. The van der Waals surface area contributed by atoms with Gasteiger partial charge in [-0.05, 0) is 31.9 Å². The Balaban J connectivity index is 2.34. The first-order valence-electron chi connectivity index (χ1n) is 5.81. The molecule has 0 radical (unpaired) electrons. The van der Waals surface area contributed by atoms with Gasteiger partial charge in [0, 0.05) is 17.8 Å². The van der Waals surface area contributed by atoms with E-state index in [4.69, 9.17) is 4.74 Å². The molecule has 0 bridgehead atoms. The van der Waals surface area contributed by atoms with Gasteiger partial charge in [0.2, 0.25) is 0 Å². The fourth-order valence-corrected chi connectivity index (χ4v) is 1.35. The number of rotatable bonds is 6. The lowest BCUT2D eigenvalue weighted by Gasteiger charge is -2.07. The highest BCUT2D eigenvalue weighted by atomic mass is 19.1. The van der Waals surface area contributed by atoms with Crippen molar-refractivity contribution in [2.24, 2.45) is 0 Å². The number of amides is 1. The maximum Gasteiger partial charge on any atom is 0.411 e. The topological polar surface area (TPSA) is 81.5 Å². The molecule has 6 nitrogen and oxygen atoms in total. The van der Waals surface area contributed by atoms with Gasteiger partial charge in [-0.3, -0.25) is 15.4 Å². The van der Waals surface area contributed by atoms with E-state index >= 15 is 0 Å². The summed E-state index contributed by atoms with van der Waals surface area (Å²) in [5.74, 6) is 0. The molecule has 1 amide bonds. The van der Waals surface area contributed by atoms with Crippen molar-refractivity contribution in [3.05, 3.63) is 34.4 Å². The molecule has 0 saturated heterocycles. The lowest BCUT2D eigenvalue weighted by atomic mass is 10.2. The van der Waals surface area contributed by atoms with Gasteiger partial charge in [0.1, 0.15) is 0 Å². The first kappa shape index (κ1) is 14.9. The normalized spacial score (nSPS) is 11.7. The first-order chi connectivity index (χ1) is 8.99. The molecule has 0 aliphatic rings. The van der Waals surface area contributed by atoms with Gasteiger partial charge in [-0.25, -0.2) is 9.18 Å². The molecule has 0 aliphatic carbocycles. The van der Waals surface area contributed by atoms with Crippen molar-refractivity contribution < 1.29 is 18.8 Å². The molecular formula is C12H15FN2O4. The number of nitro benzene ring substituents is 1. The Labute approximate surface area is 109 Å². The molecule has 1 unspecified atom stereocenters. The van der Waals surface area contributed by atoms with E-state index in [2.05, 4.69) is 5.32 Å². The van der Waals surface area contributed by atoms with Crippen LogP contribution in [0.25, 0.3) is 0 Å². The van der Waals surface area contributed by atoms with Gasteiger partial charge in [0.05, 0.1) is 17.7 Å². The van der Waals surface area contributed by atoms with Crippen LogP contribution in [0.2, 0.25) is 0 Å². The van der Waals surface area contributed by atoms with E-state index in [1.54, 1.807) is 0 Å². The van der Waals surface area contributed by atoms with Crippen LogP contribution >= 0.6 is 0 Å². The number of nitrogens with one attached hydrogen (secondary N) is 1. The van der Waals surface area contributed by atoms with Crippen LogP contribution in [0, 0.1) is 10.1 Å². The predicted octanol–water partition coefficient (Wildman–Crippen LogP) is 3.28. The summed E-state index contributed by atoms with van der Waals surface area (Å²) in [4.78, 5) is 21.2. The van der Waals surface area contributed by atoms with Crippen molar-refractivity contribution in [1.29, 1.82) is 0 Å². The summed E-state index contributed by atoms with van der Waals surface area (Å²) in [6, 6.07) is 5.37. The number of carbonyl (C=O) groups is 1. The van der Waals surface area contributed by atoms with Crippen molar-refractivity contribution in [1.82, 2.24) is 0 Å². The number of hydrogen-bond donors (Lipinski definition) is 1. The summed E-state index contributed by atoms with van der Waals surface area (Å²) in [6.07, 6.45) is -0.794. The molecule has 0 saturated carbocycles. The highest BCUT2D eigenvalue weighted by Crippen LogP contribution is 2.15. The average molecular weight is 270 g/mol. The highest BCUT2D eigenvalue weighted by Gasteiger charge is 2.07. The second kappa shape index (κ2) is 7.30. The number of nitrogens with zero attached hydrogens (tertiary/aromatic N) is 1. The van der Waals surface area contributed by atoms with Gasteiger partial charge in [0.15, 0.2) is 0 Å². The van der Waals surface area contributed by atoms with Crippen LogP contribution in [0.15, 0.2) is 24.3 Å². The predicted molar refractivity (Wildman–Crippen MR) is 67.9 cm³/mol. The Bertz CT molecular complexity index is 434. The Morgan fingerprint density at radius 2 is 2.11 bits per heavy atom. The number of halogens is 1. The molecule has 0 spiro atoms. The van der Waals surface area contributed by atoms with Crippen molar-refractivity contribution in [3.8, 4) is 0 Å². The smallest absolute Gasteiger partial charge is 0.411 e. The molecule has 1 N–H and O–H groups in total. The van der Waals surface area contributed by atoms with Crippen LogP contribution < -0.4 is 5.32 Å². The maximum atomic E-state index is 12.5. The fraction of sp³-hybridized carbons (Fsp3) is 0.417. The van der Waals surface area contributed by atoms with Crippen LogP contribution in [0.5, 0.6) is 0 Å². The third-order valence-electron chi connectivity index (χ3n) is 2.30. The second-order valence-electron chi connectivity index (χ2n) is 3.99. The van der Waals surface area contributed by atoms with Gasteiger partial charge in [-0.2, -0.15) is 0 Å². The van der Waals surface area contributed by atoms with Crippen molar-refractivity contribution in [3.63, 3.8) is 0 Å². The van der Waals surface area contributed by atoms with E-state index in [9.17, 15) is 19.3 Å². The number of hydrogen-bond acceptors (Lipinski definition) is 4. The van der Waals surface area contributed by atoms with E-state index in [-0.39, 0.29) is 12.3 Å². The summed E-state index contributed by atoms with van der Waals surface area (Å²) in [7, 11) is 0. The van der Waals surface area contributed by atoms with Gasteiger partial charge in [0.25, 0.3) is 5.69 Å². The monoisotopic (exact) mass is 270 g/mol.